The summed E-state index contributed by atoms with van der Waals surface area (Å²) in [5.41, 5.74) is 2.24. The van der Waals surface area contributed by atoms with Crippen LogP contribution in [0.5, 0.6) is 5.75 Å². The van der Waals surface area contributed by atoms with Gasteiger partial charge in [0.1, 0.15) is 5.75 Å². The van der Waals surface area contributed by atoms with Gasteiger partial charge in [-0.05, 0) is 69.6 Å². The first-order valence-corrected chi connectivity index (χ1v) is 8.73. The normalized spacial score (nSPS) is 33.4. The molecule has 2 bridgehead atoms. The van der Waals surface area contributed by atoms with Crippen LogP contribution >= 0.6 is 15.9 Å². The summed E-state index contributed by atoms with van der Waals surface area (Å²) in [4.78, 5) is 0. The summed E-state index contributed by atoms with van der Waals surface area (Å²) < 4.78 is 6.33. The predicted molar refractivity (Wildman–Crippen MR) is 90.6 cm³/mol. The Kier molecular flexibility index (Phi) is 3.86. The maximum Gasteiger partial charge on any atom is 0.133 e. The first kappa shape index (κ1) is 15.4. The summed E-state index contributed by atoms with van der Waals surface area (Å²) in [7, 11) is 1.70. The van der Waals surface area contributed by atoms with Crippen LogP contribution in [0.2, 0.25) is 0 Å². The molecule has 0 aliphatic heterocycles. The molecular weight excluding hydrogens is 326 g/mol. The van der Waals surface area contributed by atoms with Crippen LogP contribution in [-0.4, -0.2) is 13.2 Å². The Hall–Kier alpha value is -0.540. The van der Waals surface area contributed by atoms with E-state index in [1.165, 1.54) is 24.8 Å². The molecule has 0 radical (unpaired) electrons. The van der Waals surface area contributed by atoms with Gasteiger partial charge >= 0.3 is 0 Å². The van der Waals surface area contributed by atoms with Crippen molar-refractivity contribution in [2.24, 2.45) is 16.7 Å². The summed E-state index contributed by atoms with van der Waals surface area (Å²) in [5, 5.41) is 3.83. The third kappa shape index (κ3) is 2.33. The van der Waals surface area contributed by atoms with Gasteiger partial charge in [-0.3, -0.25) is 0 Å². The fraction of sp³-hybridized carbons (Fsp3) is 0.667. The maximum absolute atomic E-state index is 5.29. The molecule has 3 unspecified atom stereocenters. The summed E-state index contributed by atoms with van der Waals surface area (Å²) in [6, 6.07) is 6.99. The van der Waals surface area contributed by atoms with Crippen LogP contribution in [0.4, 0.5) is 0 Å². The quantitative estimate of drug-likeness (QED) is 0.843. The molecule has 3 atom stereocenters. The lowest BCUT2D eigenvalue weighted by Crippen LogP contribution is -2.44. The van der Waals surface area contributed by atoms with E-state index < -0.39 is 0 Å². The van der Waals surface area contributed by atoms with Crippen molar-refractivity contribution < 1.29 is 4.74 Å². The van der Waals surface area contributed by atoms with Crippen LogP contribution in [0.1, 0.15) is 45.6 Å². The highest BCUT2D eigenvalue weighted by molar-refractivity contribution is 9.10. The Morgan fingerprint density at radius 1 is 1.33 bits per heavy atom. The summed E-state index contributed by atoms with van der Waals surface area (Å²) in [5.74, 6) is 1.79. The van der Waals surface area contributed by atoms with Crippen LogP contribution in [0.15, 0.2) is 22.7 Å². The number of hydrogen-bond donors (Lipinski definition) is 1. The Morgan fingerprint density at radius 3 is 2.62 bits per heavy atom. The van der Waals surface area contributed by atoms with E-state index in [0.29, 0.717) is 16.9 Å². The van der Waals surface area contributed by atoms with E-state index in [-0.39, 0.29) is 0 Å². The van der Waals surface area contributed by atoms with Crippen molar-refractivity contribution >= 4 is 15.9 Å². The van der Waals surface area contributed by atoms with Gasteiger partial charge in [0.05, 0.1) is 11.6 Å². The van der Waals surface area contributed by atoms with Crippen LogP contribution in [0.3, 0.4) is 0 Å². The van der Waals surface area contributed by atoms with Gasteiger partial charge in [0.2, 0.25) is 0 Å². The summed E-state index contributed by atoms with van der Waals surface area (Å²) in [6.07, 6.45) is 4.12. The van der Waals surface area contributed by atoms with Crippen LogP contribution in [-0.2, 0) is 6.54 Å². The molecule has 0 aromatic heterocycles. The number of ether oxygens (including phenoxy) is 1. The molecule has 1 aromatic carbocycles. The highest BCUT2D eigenvalue weighted by Gasteiger charge is 2.60. The molecule has 0 amide bonds. The number of fused-ring (bicyclic) bond motifs is 2. The van der Waals surface area contributed by atoms with E-state index in [4.69, 9.17) is 4.74 Å². The average Bonchev–Trinajstić information content (AvgIpc) is 2.78. The summed E-state index contributed by atoms with van der Waals surface area (Å²) in [6.45, 7) is 8.36. The molecule has 21 heavy (non-hydrogen) atoms. The van der Waals surface area contributed by atoms with E-state index in [1.807, 2.05) is 6.07 Å². The van der Waals surface area contributed by atoms with Crippen molar-refractivity contribution in [3.8, 4) is 5.75 Å². The Bertz CT molecular complexity index is 542. The fourth-order valence-corrected chi connectivity index (χ4v) is 5.16. The van der Waals surface area contributed by atoms with E-state index in [2.05, 4.69) is 54.2 Å². The lowest BCUT2D eigenvalue weighted by atomic mass is 9.69. The Balaban J connectivity index is 1.68. The van der Waals surface area contributed by atoms with Gasteiger partial charge in [-0.2, -0.15) is 0 Å². The van der Waals surface area contributed by atoms with Gasteiger partial charge in [0, 0.05) is 12.6 Å². The van der Waals surface area contributed by atoms with Crippen molar-refractivity contribution in [3.63, 3.8) is 0 Å². The van der Waals surface area contributed by atoms with E-state index >= 15 is 0 Å². The van der Waals surface area contributed by atoms with Gasteiger partial charge in [0.25, 0.3) is 0 Å². The molecule has 0 heterocycles. The lowest BCUT2D eigenvalue weighted by molar-refractivity contribution is 0.120. The maximum atomic E-state index is 5.29. The highest BCUT2D eigenvalue weighted by Crippen LogP contribution is 2.65. The molecule has 116 valence electrons. The molecule has 3 rings (SSSR count). The van der Waals surface area contributed by atoms with Crippen molar-refractivity contribution in [1.82, 2.24) is 5.32 Å². The Morgan fingerprint density at radius 2 is 2.10 bits per heavy atom. The molecule has 2 aliphatic carbocycles. The molecule has 0 spiro atoms. The summed E-state index contributed by atoms with van der Waals surface area (Å²) >= 11 is 3.57. The monoisotopic (exact) mass is 351 g/mol. The third-order valence-corrected chi connectivity index (χ3v) is 7.18. The molecule has 2 nitrogen and oxygen atoms in total. The number of methoxy groups -OCH3 is 1. The number of nitrogens with one attached hydrogen (secondary N) is 1. The second-order valence-corrected chi connectivity index (χ2v) is 8.37. The van der Waals surface area contributed by atoms with Gasteiger partial charge in [-0.15, -0.1) is 0 Å². The minimum atomic E-state index is 0.446. The van der Waals surface area contributed by atoms with Crippen LogP contribution < -0.4 is 10.1 Å². The number of benzene rings is 1. The first-order chi connectivity index (χ1) is 9.88. The second kappa shape index (κ2) is 5.27. The molecule has 0 saturated heterocycles. The van der Waals surface area contributed by atoms with E-state index in [0.717, 1.165) is 22.7 Å². The zero-order valence-electron chi connectivity index (χ0n) is 13.5. The van der Waals surface area contributed by atoms with Gasteiger partial charge in [0.15, 0.2) is 0 Å². The molecule has 2 saturated carbocycles. The minimum Gasteiger partial charge on any atom is -0.496 e. The molecule has 2 aliphatic rings. The second-order valence-electron chi connectivity index (χ2n) is 7.51. The van der Waals surface area contributed by atoms with Gasteiger partial charge < -0.3 is 10.1 Å². The van der Waals surface area contributed by atoms with Crippen molar-refractivity contribution in [3.05, 3.63) is 28.2 Å². The predicted octanol–water partition coefficient (Wildman–Crippen LogP) is 4.76. The number of rotatable bonds is 4. The van der Waals surface area contributed by atoms with Gasteiger partial charge in [-0.1, -0.05) is 26.8 Å². The number of halogens is 1. The van der Waals surface area contributed by atoms with Crippen LogP contribution in [0.25, 0.3) is 0 Å². The molecule has 1 aromatic rings. The zero-order valence-corrected chi connectivity index (χ0v) is 15.1. The minimum absolute atomic E-state index is 0.446. The molecule has 2 fully saturated rings. The van der Waals surface area contributed by atoms with E-state index in [1.54, 1.807) is 7.11 Å². The standard InChI is InChI=1S/C18H26BrNO/c1-17(2)13-7-8-18(17,3)16(10-13)20-11-12-5-6-15(21-4)14(19)9-12/h5-6,9,13,16,20H,7-8,10-11H2,1-4H3. The molecule has 1 N–H and O–H groups in total. The highest BCUT2D eigenvalue weighted by atomic mass is 79.9. The van der Waals surface area contributed by atoms with E-state index in [9.17, 15) is 0 Å². The van der Waals surface area contributed by atoms with Crippen molar-refractivity contribution in [2.75, 3.05) is 7.11 Å². The Labute approximate surface area is 136 Å². The zero-order chi connectivity index (χ0) is 15.3. The van der Waals surface area contributed by atoms with Crippen molar-refractivity contribution in [1.29, 1.82) is 0 Å². The fourth-order valence-electron chi connectivity index (χ4n) is 4.57. The average molecular weight is 352 g/mol. The first-order valence-electron chi connectivity index (χ1n) is 7.94. The largest absolute Gasteiger partial charge is 0.496 e. The lowest BCUT2D eigenvalue weighted by Gasteiger charge is -2.39. The van der Waals surface area contributed by atoms with Crippen LogP contribution in [0, 0.1) is 16.7 Å². The van der Waals surface area contributed by atoms with Crippen molar-refractivity contribution in [2.45, 2.75) is 52.6 Å². The smallest absolute Gasteiger partial charge is 0.133 e. The van der Waals surface area contributed by atoms with Gasteiger partial charge in [-0.25, -0.2) is 0 Å². The SMILES string of the molecule is COc1ccc(CNC2CC3CCC2(C)C3(C)C)cc1Br. The molecule has 3 heteroatoms. The number of hydrogen-bond acceptors (Lipinski definition) is 2. The topological polar surface area (TPSA) is 21.3 Å². The third-order valence-electron chi connectivity index (χ3n) is 6.56. The molecular formula is C18H26BrNO.